The first-order valence-electron chi connectivity index (χ1n) is 3.36. The van der Waals surface area contributed by atoms with E-state index in [1.807, 2.05) is 27.3 Å². The van der Waals surface area contributed by atoms with Crippen LogP contribution in [0.4, 0.5) is 0 Å². The highest BCUT2D eigenvalue weighted by Crippen LogP contribution is 1.98. The molecule has 0 aromatic carbocycles. The molecule has 1 aromatic heterocycles. The lowest BCUT2D eigenvalue weighted by atomic mass is 10.3. The molecular weight excluding hydrogens is 140 g/mol. The summed E-state index contributed by atoms with van der Waals surface area (Å²) in [6.07, 6.45) is 3.50. The van der Waals surface area contributed by atoms with Gasteiger partial charge in [-0.2, -0.15) is 5.10 Å². The van der Waals surface area contributed by atoms with Crippen LogP contribution in [-0.4, -0.2) is 34.6 Å². The molecule has 0 aliphatic heterocycles. The van der Waals surface area contributed by atoms with Gasteiger partial charge in [0.05, 0.1) is 11.8 Å². The Bertz CT molecular complexity index is 261. The summed E-state index contributed by atoms with van der Waals surface area (Å²) >= 11 is 0. The van der Waals surface area contributed by atoms with Crippen LogP contribution in [0.3, 0.4) is 0 Å². The zero-order valence-electron chi connectivity index (χ0n) is 7.00. The average Bonchev–Trinajstić information content (AvgIpc) is 2.34. The van der Waals surface area contributed by atoms with Crippen LogP contribution in [0.5, 0.6) is 0 Å². The van der Waals surface area contributed by atoms with Crippen LogP contribution < -0.4 is 0 Å². The molecular formula is C7H12N4. The van der Waals surface area contributed by atoms with E-state index in [1.54, 1.807) is 15.8 Å². The third-order valence-corrected chi connectivity index (χ3v) is 1.43. The topological polar surface area (TPSA) is 44.9 Å². The molecule has 1 heterocycles. The van der Waals surface area contributed by atoms with Gasteiger partial charge in [0.25, 0.3) is 0 Å². The smallest absolute Gasteiger partial charge is 0.130 e. The first kappa shape index (κ1) is 7.78. The molecule has 0 bridgehead atoms. The Balaban J connectivity index is 2.85. The molecule has 0 saturated heterocycles. The molecule has 1 rings (SSSR count). The van der Waals surface area contributed by atoms with E-state index in [1.165, 1.54) is 0 Å². The first-order chi connectivity index (χ1) is 5.11. The standard InChI is InChI=1S/C7H12N4/c1-10(2)7(8)6-4-9-11(3)5-6/h4-5,8H,1-3H3. The predicted molar refractivity (Wildman–Crippen MR) is 43.7 cm³/mol. The monoisotopic (exact) mass is 152 g/mol. The van der Waals surface area contributed by atoms with Gasteiger partial charge in [-0.05, 0) is 0 Å². The van der Waals surface area contributed by atoms with Gasteiger partial charge < -0.3 is 4.90 Å². The van der Waals surface area contributed by atoms with Crippen molar-refractivity contribution in [3.63, 3.8) is 0 Å². The molecule has 0 atom stereocenters. The maximum absolute atomic E-state index is 7.57. The van der Waals surface area contributed by atoms with Crippen LogP contribution in [0.15, 0.2) is 12.4 Å². The third kappa shape index (κ3) is 1.58. The molecule has 60 valence electrons. The molecule has 4 heteroatoms. The quantitative estimate of drug-likeness (QED) is 0.465. The van der Waals surface area contributed by atoms with E-state index in [0.717, 1.165) is 5.56 Å². The Labute approximate surface area is 65.9 Å². The number of aromatic nitrogens is 2. The summed E-state index contributed by atoms with van der Waals surface area (Å²) in [4.78, 5) is 1.75. The van der Waals surface area contributed by atoms with Crippen LogP contribution in [-0.2, 0) is 7.05 Å². The van der Waals surface area contributed by atoms with Crippen molar-refractivity contribution in [2.24, 2.45) is 7.05 Å². The Kier molecular flexibility index (Phi) is 1.94. The third-order valence-electron chi connectivity index (χ3n) is 1.43. The number of amidine groups is 1. The van der Waals surface area contributed by atoms with E-state index >= 15 is 0 Å². The second kappa shape index (κ2) is 2.74. The van der Waals surface area contributed by atoms with Gasteiger partial charge in [-0.3, -0.25) is 10.1 Å². The number of hydrogen-bond donors (Lipinski definition) is 1. The predicted octanol–water partition coefficient (Wildman–Crippen LogP) is 0.307. The molecule has 0 amide bonds. The molecule has 0 spiro atoms. The first-order valence-corrected chi connectivity index (χ1v) is 3.36. The van der Waals surface area contributed by atoms with E-state index in [9.17, 15) is 0 Å². The van der Waals surface area contributed by atoms with Crippen molar-refractivity contribution in [3.8, 4) is 0 Å². The second-order valence-corrected chi connectivity index (χ2v) is 2.65. The van der Waals surface area contributed by atoms with Crippen molar-refractivity contribution >= 4 is 5.84 Å². The van der Waals surface area contributed by atoms with Gasteiger partial charge in [-0.15, -0.1) is 0 Å². The van der Waals surface area contributed by atoms with E-state index in [4.69, 9.17) is 5.41 Å². The summed E-state index contributed by atoms with van der Waals surface area (Å²) in [6, 6.07) is 0. The molecule has 0 aliphatic carbocycles. The highest BCUT2D eigenvalue weighted by atomic mass is 15.2. The second-order valence-electron chi connectivity index (χ2n) is 2.65. The van der Waals surface area contributed by atoms with Gasteiger partial charge in [-0.25, -0.2) is 0 Å². The lowest BCUT2D eigenvalue weighted by Gasteiger charge is -2.10. The number of nitrogens with one attached hydrogen (secondary N) is 1. The Morgan fingerprint density at radius 3 is 2.64 bits per heavy atom. The zero-order valence-corrected chi connectivity index (χ0v) is 7.00. The van der Waals surface area contributed by atoms with Crippen LogP contribution in [0.25, 0.3) is 0 Å². The van der Waals surface area contributed by atoms with Gasteiger partial charge in [0.1, 0.15) is 5.84 Å². The Hall–Kier alpha value is -1.32. The highest BCUT2D eigenvalue weighted by molar-refractivity contribution is 5.95. The van der Waals surface area contributed by atoms with Gasteiger partial charge in [-0.1, -0.05) is 0 Å². The molecule has 1 N–H and O–H groups in total. The van der Waals surface area contributed by atoms with E-state index in [0.29, 0.717) is 5.84 Å². The van der Waals surface area contributed by atoms with Crippen molar-refractivity contribution in [1.82, 2.24) is 14.7 Å². The van der Waals surface area contributed by atoms with Crippen molar-refractivity contribution in [2.75, 3.05) is 14.1 Å². The van der Waals surface area contributed by atoms with Crippen LogP contribution in [0.1, 0.15) is 5.56 Å². The zero-order chi connectivity index (χ0) is 8.43. The summed E-state index contributed by atoms with van der Waals surface area (Å²) in [6.45, 7) is 0. The van der Waals surface area contributed by atoms with Crippen molar-refractivity contribution in [1.29, 1.82) is 5.41 Å². The molecule has 0 aliphatic rings. The highest BCUT2D eigenvalue weighted by Gasteiger charge is 2.03. The molecule has 0 fully saturated rings. The minimum Gasteiger partial charge on any atom is -0.363 e. The minimum atomic E-state index is 0.484. The van der Waals surface area contributed by atoms with Crippen LogP contribution in [0, 0.1) is 5.41 Å². The van der Waals surface area contributed by atoms with Gasteiger partial charge in [0.15, 0.2) is 0 Å². The van der Waals surface area contributed by atoms with Crippen LogP contribution in [0.2, 0.25) is 0 Å². The number of aryl methyl sites for hydroxylation is 1. The fourth-order valence-electron chi connectivity index (χ4n) is 0.802. The molecule has 0 radical (unpaired) electrons. The maximum Gasteiger partial charge on any atom is 0.130 e. The van der Waals surface area contributed by atoms with Gasteiger partial charge in [0.2, 0.25) is 0 Å². The number of nitrogens with zero attached hydrogens (tertiary/aromatic N) is 3. The number of hydrogen-bond acceptors (Lipinski definition) is 2. The summed E-state index contributed by atoms with van der Waals surface area (Å²) in [5.41, 5.74) is 0.845. The van der Waals surface area contributed by atoms with Crippen molar-refractivity contribution in [2.45, 2.75) is 0 Å². The fourth-order valence-corrected chi connectivity index (χ4v) is 0.802. The number of rotatable bonds is 1. The summed E-state index contributed by atoms with van der Waals surface area (Å²) < 4.78 is 1.69. The maximum atomic E-state index is 7.57. The largest absolute Gasteiger partial charge is 0.363 e. The van der Waals surface area contributed by atoms with Crippen LogP contribution >= 0.6 is 0 Å². The Morgan fingerprint density at radius 2 is 2.27 bits per heavy atom. The summed E-state index contributed by atoms with van der Waals surface area (Å²) in [7, 11) is 5.52. The van der Waals surface area contributed by atoms with Gasteiger partial charge in [0, 0.05) is 27.3 Å². The normalized spacial score (nSPS) is 9.73. The summed E-state index contributed by atoms with van der Waals surface area (Å²) in [5, 5.41) is 11.5. The molecule has 0 saturated carbocycles. The van der Waals surface area contributed by atoms with Crippen molar-refractivity contribution < 1.29 is 0 Å². The lowest BCUT2D eigenvalue weighted by molar-refractivity contribution is 0.619. The van der Waals surface area contributed by atoms with Gasteiger partial charge >= 0.3 is 0 Å². The molecule has 0 unspecified atom stereocenters. The lowest BCUT2D eigenvalue weighted by Crippen LogP contribution is -2.21. The summed E-state index contributed by atoms with van der Waals surface area (Å²) in [5.74, 6) is 0.484. The SMILES string of the molecule is CN(C)C(=N)c1cnn(C)c1. The Morgan fingerprint density at radius 1 is 1.64 bits per heavy atom. The molecule has 1 aromatic rings. The average molecular weight is 152 g/mol. The van der Waals surface area contributed by atoms with E-state index in [-0.39, 0.29) is 0 Å². The fraction of sp³-hybridized carbons (Fsp3) is 0.429. The van der Waals surface area contributed by atoms with Crippen molar-refractivity contribution in [3.05, 3.63) is 18.0 Å². The van der Waals surface area contributed by atoms with E-state index in [2.05, 4.69) is 5.10 Å². The molecule has 11 heavy (non-hydrogen) atoms. The molecule has 4 nitrogen and oxygen atoms in total. The van der Waals surface area contributed by atoms with E-state index < -0.39 is 0 Å². The minimum absolute atomic E-state index is 0.484.